The quantitative estimate of drug-likeness (QED) is 0.111. The first-order valence-electron chi connectivity index (χ1n) is 18.8. The second-order valence-electron chi connectivity index (χ2n) is 14.3. The number of allylic oxidation sites excluding steroid dienone is 4. The smallest absolute Gasteiger partial charge is 0.323 e. The SMILES string of the molecule is CS(=O)(=O)c1ccc(Sc2cn(CC(=O)O)c3cccc(-c4cncnc4)c23)cc1.Cc1c(Sc2ccc(S(C)(=O)=O)cc2)c2c(C3=CC=CCC3=S)cccc2n1CC(=O)O. The molecule has 1 aliphatic rings. The van der Waals surface area contributed by atoms with Crippen molar-refractivity contribution in [3.05, 3.63) is 139 Å². The molecule has 3 heterocycles. The van der Waals surface area contributed by atoms with Crippen LogP contribution >= 0.6 is 35.7 Å². The van der Waals surface area contributed by atoms with Gasteiger partial charge in [0.2, 0.25) is 0 Å². The van der Waals surface area contributed by atoms with Crippen LogP contribution in [0.4, 0.5) is 0 Å². The molecule has 0 saturated heterocycles. The van der Waals surface area contributed by atoms with Crippen LogP contribution in [0.5, 0.6) is 0 Å². The summed E-state index contributed by atoms with van der Waals surface area (Å²) in [5.74, 6) is -1.85. The third kappa shape index (κ3) is 9.77. The number of benzene rings is 4. The number of thiocarbonyl (C=S) groups is 1. The van der Waals surface area contributed by atoms with E-state index in [0.29, 0.717) is 6.42 Å². The molecule has 0 atom stereocenters. The van der Waals surface area contributed by atoms with Crippen LogP contribution in [-0.2, 0) is 42.4 Å². The number of rotatable bonds is 12. The molecule has 1 aliphatic carbocycles. The van der Waals surface area contributed by atoms with Crippen molar-refractivity contribution in [3.8, 4) is 11.1 Å². The van der Waals surface area contributed by atoms with Gasteiger partial charge in [0.1, 0.15) is 19.4 Å². The minimum Gasteiger partial charge on any atom is -0.480 e. The van der Waals surface area contributed by atoms with Gasteiger partial charge in [-0.15, -0.1) is 0 Å². The fourth-order valence-electron chi connectivity index (χ4n) is 7.06. The Morgan fingerprint density at radius 2 is 1.31 bits per heavy atom. The Morgan fingerprint density at radius 1 is 0.742 bits per heavy atom. The molecule has 0 amide bonds. The molecule has 4 aromatic carbocycles. The van der Waals surface area contributed by atoms with Gasteiger partial charge >= 0.3 is 11.9 Å². The van der Waals surface area contributed by atoms with Crippen LogP contribution in [0.2, 0.25) is 0 Å². The normalized spacial score (nSPS) is 12.9. The summed E-state index contributed by atoms with van der Waals surface area (Å²) in [6.45, 7) is 1.59. The van der Waals surface area contributed by atoms with Crippen LogP contribution in [0.1, 0.15) is 17.7 Å². The number of carboxylic acids is 2. The molecular weight excluding hydrogens is 885 g/mol. The van der Waals surface area contributed by atoms with Gasteiger partial charge in [-0.3, -0.25) is 9.59 Å². The van der Waals surface area contributed by atoms with Crippen LogP contribution < -0.4 is 0 Å². The predicted molar refractivity (Wildman–Crippen MR) is 247 cm³/mol. The average Bonchev–Trinajstić information content (AvgIpc) is 3.70. The van der Waals surface area contributed by atoms with Crippen LogP contribution in [-0.4, -0.2) is 75.5 Å². The second kappa shape index (κ2) is 18.2. The molecule has 0 unspecified atom stereocenters. The fourth-order valence-corrected chi connectivity index (χ4v) is 10.7. The lowest BCUT2D eigenvalue weighted by Gasteiger charge is -2.13. The van der Waals surface area contributed by atoms with Gasteiger partial charge in [0.15, 0.2) is 19.7 Å². The summed E-state index contributed by atoms with van der Waals surface area (Å²) in [5, 5.41) is 20.7. The zero-order valence-corrected chi connectivity index (χ0v) is 37.5. The van der Waals surface area contributed by atoms with Crippen molar-refractivity contribution in [1.29, 1.82) is 0 Å². The highest BCUT2D eigenvalue weighted by molar-refractivity contribution is 8.00. The van der Waals surface area contributed by atoms with E-state index in [2.05, 4.69) is 9.97 Å². The molecule has 0 spiro atoms. The summed E-state index contributed by atoms with van der Waals surface area (Å²) in [7, 11) is -6.55. The third-order valence-corrected chi connectivity index (χ3v) is 14.8. The number of carboxylic acid groups (broad SMARTS) is 2. The lowest BCUT2D eigenvalue weighted by molar-refractivity contribution is -0.138. The Morgan fingerprint density at radius 3 is 1.87 bits per heavy atom. The number of fused-ring (bicyclic) bond motifs is 2. The zero-order valence-electron chi connectivity index (χ0n) is 33.4. The first-order chi connectivity index (χ1) is 29.5. The number of aromatic nitrogens is 4. The maximum absolute atomic E-state index is 11.8. The molecule has 7 aromatic rings. The van der Waals surface area contributed by atoms with Crippen molar-refractivity contribution >= 4 is 99.6 Å². The maximum Gasteiger partial charge on any atom is 0.323 e. The van der Waals surface area contributed by atoms with Crippen molar-refractivity contribution in [1.82, 2.24) is 19.1 Å². The van der Waals surface area contributed by atoms with Gasteiger partial charge in [-0.2, -0.15) is 0 Å². The van der Waals surface area contributed by atoms with E-state index in [1.165, 1.54) is 42.4 Å². The average molecular weight is 923 g/mol. The van der Waals surface area contributed by atoms with Gasteiger partial charge in [0.25, 0.3) is 0 Å². The Balaban J connectivity index is 0.000000187. The highest BCUT2D eigenvalue weighted by Crippen LogP contribution is 2.43. The van der Waals surface area contributed by atoms with Gasteiger partial charge in [0.05, 0.1) is 20.8 Å². The summed E-state index contributed by atoms with van der Waals surface area (Å²) in [6, 6.07) is 24.9. The van der Waals surface area contributed by atoms with E-state index in [1.807, 2.05) is 61.5 Å². The third-order valence-electron chi connectivity index (χ3n) is 9.88. The Hall–Kier alpha value is -5.85. The number of aliphatic carboxylic acids is 2. The highest BCUT2D eigenvalue weighted by Gasteiger charge is 2.23. The van der Waals surface area contributed by atoms with Crippen LogP contribution in [0, 0.1) is 6.92 Å². The number of carbonyl (C=O) groups is 2. The molecule has 2 N–H and O–H groups in total. The van der Waals surface area contributed by atoms with E-state index in [9.17, 15) is 36.6 Å². The first-order valence-corrected chi connectivity index (χ1v) is 24.6. The van der Waals surface area contributed by atoms with Gasteiger partial charge in [0, 0.05) is 84.0 Å². The summed E-state index contributed by atoms with van der Waals surface area (Å²) < 4.78 is 50.5. The number of nitrogens with zero attached hydrogens (tertiary/aromatic N) is 4. The van der Waals surface area contributed by atoms with Gasteiger partial charge < -0.3 is 19.3 Å². The maximum atomic E-state index is 11.8. The van der Waals surface area contributed by atoms with Gasteiger partial charge in [-0.25, -0.2) is 26.8 Å². The molecule has 0 fully saturated rings. The van der Waals surface area contributed by atoms with E-state index in [1.54, 1.807) is 76.3 Å². The topological polar surface area (TPSA) is 179 Å². The summed E-state index contributed by atoms with van der Waals surface area (Å²) in [4.78, 5) is 36.0. The van der Waals surface area contributed by atoms with Crippen LogP contribution in [0.15, 0.2) is 157 Å². The summed E-state index contributed by atoms with van der Waals surface area (Å²) >= 11 is 8.56. The molecule has 3 aromatic heterocycles. The molecule has 316 valence electrons. The zero-order chi connectivity index (χ0) is 44.3. The van der Waals surface area contributed by atoms with Crippen LogP contribution in [0.25, 0.3) is 38.5 Å². The Kier molecular flexibility index (Phi) is 13.0. The minimum atomic E-state index is -3.28. The molecule has 62 heavy (non-hydrogen) atoms. The van der Waals surface area contributed by atoms with Crippen molar-refractivity contribution in [2.45, 2.75) is 55.8 Å². The highest BCUT2D eigenvalue weighted by atomic mass is 32.2. The number of hydrogen-bond acceptors (Lipinski definition) is 11. The lowest BCUT2D eigenvalue weighted by Crippen LogP contribution is -2.10. The van der Waals surface area contributed by atoms with Crippen LogP contribution in [0.3, 0.4) is 0 Å². The fraction of sp³-hybridized carbons (Fsp3) is 0.133. The molecule has 0 bridgehead atoms. The largest absolute Gasteiger partial charge is 0.480 e. The monoisotopic (exact) mass is 922 g/mol. The molecule has 0 radical (unpaired) electrons. The van der Waals surface area contributed by atoms with E-state index in [-0.39, 0.29) is 22.9 Å². The van der Waals surface area contributed by atoms with Gasteiger partial charge in [-0.1, -0.05) is 78.2 Å². The van der Waals surface area contributed by atoms with E-state index in [0.717, 1.165) is 74.2 Å². The van der Waals surface area contributed by atoms with Crippen molar-refractivity contribution in [3.63, 3.8) is 0 Å². The van der Waals surface area contributed by atoms with Crippen molar-refractivity contribution < 1.29 is 36.6 Å². The van der Waals surface area contributed by atoms with Crippen molar-refractivity contribution in [2.75, 3.05) is 12.5 Å². The minimum absolute atomic E-state index is 0.150. The molecule has 0 aliphatic heterocycles. The van der Waals surface area contributed by atoms with E-state index in [4.69, 9.17) is 12.2 Å². The molecular formula is C45H38N4O8S5. The van der Waals surface area contributed by atoms with Crippen molar-refractivity contribution in [2.24, 2.45) is 0 Å². The number of hydrogen-bond donors (Lipinski definition) is 2. The Bertz CT molecular complexity index is 3180. The van der Waals surface area contributed by atoms with E-state index >= 15 is 0 Å². The molecule has 12 nitrogen and oxygen atoms in total. The first kappa shape index (κ1) is 44.2. The molecule has 8 rings (SSSR count). The second-order valence-corrected chi connectivity index (χ2v) is 21.0. The van der Waals surface area contributed by atoms with Gasteiger partial charge in [-0.05, 0) is 84.3 Å². The molecule has 17 heteroatoms. The summed E-state index contributed by atoms with van der Waals surface area (Å²) in [6.07, 6.45) is 15.7. The number of sulfone groups is 2. The molecule has 0 saturated carbocycles. The predicted octanol–water partition coefficient (Wildman–Crippen LogP) is 9.04. The lowest BCUT2D eigenvalue weighted by atomic mass is 9.94. The summed E-state index contributed by atoms with van der Waals surface area (Å²) in [5.41, 5.74) is 6.11. The Labute approximate surface area is 371 Å². The van der Waals surface area contributed by atoms with E-state index < -0.39 is 31.6 Å². The standard InChI is InChI=1S/C24H21NO4S3.C21H17N3O4S2/c1-15-24(31-16-10-12-17(13-11-16)32(2,28)29)23-19(18-6-3-4-9-21(18)30)7-5-8-20(23)25(15)14-22(26)27;1-30(27,28)16-7-5-15(6-8-16)29-19-11-24(12-20(25)26)18-4-2-3-17(21(18)19)14-9-22-13-23-10-14/h3-8,10-13H,9,14H2,1-2H3,(H,26,27);2-11,13H,12H2,1H3,(H,25,26).